The summed E-state index contributed by atoms with van der Waals surface area (Å²) in [5.74, 6) is -1.17. The van der Waals surface area contributed by atoms with Gasteiger partial charge in [-0.05, 0) is 74.2 Å². The number of anilines is 5. The Morgan fingerprint density at radius 1 is 0.587 bits per heavy atom. The monoisotopic (exact) mass is 1080 g/mol. The summed E-state index contributed by atoms with van der Waals surface area (Å²) in [5.41, 5.74) is 14.2. The highest BCUT2D eigenvalue weighted by Gasteiger charge is 2.21. The molecule has 75 heavy (non-hydrogen) atoms. The highest BCUT2D eigenvalue weighted by molar-refractivity contribution is 7.91. The number of fused-ring (bicyclic) bond motifs is 2. The number of nitrogens with zero attached hydrogens (tertiary/aromatic N) is 6. The lowest BCUT2D eigenvalue weighted by Gasteiger charge is -2.28. The number of nitrogens with two attached hydrogens (primary N) is 1. The summed E-state index contributed by atoms with van der Waals surface area (Å²) in [6, 6.07) is 21.0. The minimum atomic E-state index is -3.35. The number of aryl methyl sites for hydroxylation is 2. The van der Waals surface area contributed by atoms with Crippen LogP contribution in [-0.4, -0.2) is 102 Å². The van der Waals surface area contributed by atoms with Gasteiger partial charge < -0.3 is 30.3 Å². The molecule has 2 aliphatic rings. The third-order valence-corrected chi connectivity index (χ3v) is 15.6. The predicted octanol–water partition coefficient (Wildman–Crippen LogP) is 10.5. The Hall–Kier alpha value is -6.97. The summed E-state index contributed by atoms with van der Waals surface area (Å²) >= 11 is 5.99. The molecule has 0 saturated carbocycles. The second-order valence-corrected chi connectivity index (χ2v) is 22.4. The summed E-state index contributed by atoms with van der Waals surface area (Å²) in [4.78, 5) is 22.4. The van der Waals surface area contributed by atoms with E-state index in [1.807, 2.05) is 19.1 Å². The Labute approximate surface area is 437 Å². The number of pyridine rings is 4. The Balaban J connectivity index is 0.000000166. The van der Waals surface area contributed by atoms with Crippen LogP contribution in [0.25, 0.3) is 44.1 Å². The van der Waals surface area contributed by atoms with E-state index >= 15 is 4.39 Å². The van der Waals surface area contributed by atoms with E-state index in [1.54, 1.807) is 81.7 Å². The lowest BCUT2D eigenvalue weighted by Crippen LogP contribution is -2.36. The first-order valence-corrected chi connectivity index (χ1v) is 27.7. The number of rotatable bonds is 8. The van der Waals surface area contributed by atoms with Gasteiger partial charge in [-0.25, -0.2) is 44.4 Å². The Morgan fingerprint density at radius 3 is 1.49 bits per heavy atom. The molecule has 0 bridgehead atoms. The van der Waals surface area contributed by atoms with E-state index in [9.17, 15) is 30.0 Å². The molecule has 2 fully saturated rings. The second-order valence-electron chi connectivity index (χ2n) is 18.0. The fourth-order valence-corrected chi connectivity index (χ4v) is 10.1. The van der Waals surface area contributed by atoms with Gasteiger partial charge in [0.15, 0.2) is 19.7 Å². The van der Waals surface area contributed by atoms with Crippen LogP contribution in [0, 0.1) is 51.0 Å². The molecule has 2 saturated heterocycles. The van der Waals surface area contributed by atoms with Crippen molar-refractivity contribution in [3.8, 4) is 22.3 Å². The molecule has 14 nitrogen and oxygen atoms in total. The molecule has 0 amide bonds. The highest BCUT2D eigenvalue weighted by Crippen LogP contribution is 2.39. The van der Waals surface area contributed by atoms with Crippen molar-refractivity contribution >= 4 is 81.8 Å². The predicted molar refractivity (Wildman–Crippen MR) is 287 cm³/mol. The molecule has 0 aliphatic carbocycles. The van der Waals surface area contributed by atoms with Gasteiger partial charge in [0, 0.05) is 116 Å². The third kappa shape index (κ3) is 12.4. The van der Waals surface area contributed by atoms with Crippen LogP contribution in [0.5, 0.6) is 0 Å². The molecule has 10 rings (SSSR count). The summed E-state index contributed by atoms with van der Waals surface area (Å²) in [5, 5.41) is 4.06. The summed E-state index contributed by atoms with van der Waals surface area (Å²) in [7, 11) is -6.55. The SMILES string of the molecule is CS(=O)(=O)c1ccc(-c2cnc(N3CCOCC3)cc2N)cc1.Cc1nc2cc(F)cc(F)c2c(Cl)c1C.Cc1nc2cc(F)cc(F)c2c(Nc2cc(N3CCOCC3)ncc2-c2ccc(S(C)(=O)=O)cc2)c1C. The molecule has 0 spiro atoms. The van der Waals surface area contributed by atoms with Crippen molar-refractivity contribution in [3.63, 3.8) is 0 Å². The fourth-order valence-electron chi connectivity index (χ4n) is 8.47. The van der Waals surface area contributed by atoms with E-state index in [1.165, 1.54) is 18.4 Å². The zero-order valence-electron chi connectivity index (χ0n) is 41.8. The lowest BCUT2D eigenvalue weighted by atomic mass is 10.0. The third-order valence-electron chi connectivity index (χ3n) is 12.8. The van der Waals surface area contributed by atoms with Gasteiger partial charge in [0.1, 0.15) is 34.9 Å². The number of nitrogens with one attached hydrogen (secondary N) is 1. The van der Waals surface area contributed by atoms with Gasteiger partial charge in [-0.2, -0.15) is 0 Å². The molecule has 4 aromatic carbocycles. The Morgan fingerprint density at radius 2 is 1.01 bits per heavy atom. The molecule has 392 valence electrons. The van der Waals surface area contributed by atoms with E-state index in [2.05, 4.69) is 35.1 Å². The topological polar surface area (TPSA) is 183 Å². The number of benzene rings is 4. The zero-order valence-corrected chi connectivity index (χ0v) is 44.2. The number of morpholine rings is 2. The first kappa shape index (κ1) is 54.3. The van der Waals surface area contributed by atoms with E-state index in [-0.39, 0.29) is 31.6 Å². The van der Waals surface area contributed by atoms with Crippen molar-refractivity contribution < 1.29 is 43.9 Å². The van der Waals surface area contributed by atoms with Crippen molar-refractivity contribution in [1.82, 2.24) is 19.9 Å². The smallest absolute Gasteiger partial charge is 0.175 e. The average Bonchev–Trinajstić information content (AvgIpc) is 3.37. The second kappa shape index (κ2) is 22.5. The minimum Gasteiger partial charge on any atom is -0.398 e. The molecular weight excluding hydrogens is 1030 g/mol. The maximum Gasteiger partial charge on any atom is 0.175 e. The van der Waals surface area contributed by atoms with Gasteiger partial charge in [-0.1, -0.05) is 35.9 Å². The zero-order chi connectivity index (χ0) is 53.9. The molecule has 21 heteroatoms. The van der Waals surface area contributed by atoms with E-state index in [4.69, 9.17) is 26.8 Å². The number of sulfone groups is 2. The molecule has 2 aliphatic heterocycles. The number of aromatic nitrogens is 4. The number of halogens is 5. The fraction of sp³-hybridized carbons (Fsp3) is 0.259. The van der Waals surface area contributed by atoms with Crippen LogP contribution in [0.3, 0.4) is 0 Å². The Bertz CT molecular complexity index is 3680. The van der Waals surface area contributed by atoms with Crippen LogP contribution in [0.4, 0.5) is 46.3 Å². The highest BCUT2D eigenvalue weighted by atomic mass is 35.5. The first-order valence-electron chi connectivity index (χ1n) is 23.5. The summed E-state index contributed by atoms with van der Waals surface area (Å²) in [6.07, 6.45) is 5.79. The maximum atomic E-state index is 15.1. The Kier molecular flexibility index (Phi) is 16.3. The van der Waals surface area contributed by atoms with Crippen LogP contribution in [-0.2, 0) is 29.1 Å². The standard InChI is InChI=1S/C27H26F2N4O3S.C16H19N3O3S.C11H8ClF2N/c1-16-17(2)31-24-13-19(28)12-22(29)26(24)27(16)32-23-14-25(33-8-10-36-11-9-33)30-15-21(23)18-4-6-20(7-5-18)37(3,34)35;1-23(20,21)13-4-2-12(3-5-13)14-11-18-16(10-15(14)17)19-6-8-22-9-7-19;1-5-6(2)15-9-4-7(13)3-8(14)10(9)11(5)12/h4-7,12-15H,8-11H2,1-3H3,(H,30,31,32);2-5,10-11H,6-9H2,1H3,(H2,17,18);3-4H,1-2H3. The maximum absolute atomic E-state index is 15.1. The molecule has 8 aromatic rings. The molecular formula is C54H53ClF4N8O6S2. The molecule has 4 aromatic heterocycles. The molecule has 3 N–H and O–H groups in total. The molecule has 0 atom stereocenters. The van der Waals surface area contributed by atoms with Crippen LogP contribution in [0.2, 0.25) is 5.02 Å². The number of hydrogen-bond acceptors (Lipinski definition) is 14. The molecule has 0 unspecified atom stereocenters. The van der Waals surface area contributed by atoms with Gasteiger partial charge in [0.25, 0.3) is 0 Å². The van der Waals surface area contributed by atoms with Crippen molar-refractivity contribution in [2.45, 2.75) is 37.5 Å². The van der Waals surface area contributed by atoms with Crippen LogP contribution in [0.15, 0.2) is 107 Å². The van der Waals surface area contributed by atoms with Crippen molar-refractivity contribution in [3.05, 3.63) is 148 Å². The van der Waals surface area contributed by atoms with Gasteiger partial charge in [-0.15, -0.1) is 0 Å². The number of hydrogen-bond donors (Lipinski definition) is 2. The summed E-state index contributed by atoms with van der Waals surface area (Å²) in [6.45, 7) is 12.6. The van der Waals surface area contributed by atoms with Crippen LogP contribution < -0.4 is 20.9 Å². The average molecular weight is 1090 g/mol. The van der Waals surface area contributed by atoms with E-state index in [0.29, 0.717) is 78.6 Å². The quantitative estimate of drug-likeness (QED) is 0.137. The molecule has 0 radical (unpaired) electrons. The van der Waals surface area contributed by atoms with Gasteiger partial charge in [-0.3, -0.25) is 9.97 Å². The van der Waals surface area contributed by atoms with E-state index in [0.717, 1.165) is 70.9 Å². The van der Waals surface area contributed by atoms with Crippen molar-refractivity contribution in [2.75, 3.05) is 86.0 Å². The first-order chi connectivity index (χ1) is 35.6. The largest absolute Gasteiger partial charge is 0.398 e. The van der Waals surface area contributed by atoms with Gasteiger partial charge >= 0.3 is 0 Å². The normalized spacial score (nSPS) is 14.0. The van der Waals surface area contributed by atoms with Gasteiger partial charge in [0.2, 0.25) is 0 Å². The number of ether oxygens (including phenoxy) is 2. The summed E-state index contributed by atoms with van der Waals surface area (Å²) < 4.78 is 113. The van der Waals surface area contributed by atoms with Gasteiger partial charge in [0.05, 0.1) is 74.4 Å². The minimum absolute atomic E-state index is 0.182. The van der Waals surface area contributed by atoms with Crippen LogP contribution >= 0.6 is 11.6 Å². The van der Waals surface area contributed by atoms with Crippen LogP contribution in [0.1, 0.15) is 22.5 Å². The van der Waals surface area contributed by atoms with E-state index < -0.39 is 42.9 Å². The van der Waals surface area contributed by atoms with Crippen molar-refractivity contribution in [1.29, 1.82) is 0 Å². The number of nitrogen functional groups attached to an aromatic ring is 1. The van der Waals surface area contributed by atoms with Crippen molar-refractivity contribution in [2.24, 2.45) is 0 Å². The molecule has 6 heterocycles. The lowest BCUT2D eigenvalue weighted by molar-refractivity contribution is 0.122.